The molecule has 0 saturated heterocycles. The van der Waals surface area contributed by atoms with Crippen molar-refractivity contribution in [1.82, 2.24) is 0 Å². The van der Waals surface area contributed by atoms with Crippen molar-refractivity contribution < 1.29 is 25.5 Å². The largest absolute Gasteiger partial charge is 0.396 e. The number of hydrogen-bond donors (Lipinski definition) is 5. The quantitative estimate of drug-likeness (QED) is 0.450. The molecule has 2 bridgehead atoms. The molecule has 0 aromatic heterocycles. The van der Waals surface area contributed by atoms with Crippen LogP contribution in [0.1, 0.15) is 46.0 Å². The zero-order valence-electron chi connectivity index (χ0n) is 15.2. The van der Waals surface area contributed by atoms with Crippen LogP contribution in [-0.4, -0.2) is 56.6 Å². The average molecular weight is 352 g/mol. The predicted molar refractivity (Wildman–Crippen MR) is 92.5 cm³/mol. The van der Waals surface area contributed by atoms with E-state index in [-0.39, 0.29) is 29.3 Å². The first-order chi connectivity index (χ1) is 11.6. The van der Waals surface area contributed by atoms with Crippen molar-refractivity contribution in [1.29, 1.82) is 0 Å². The highest BCUT2D eigenvalue weighted by Gasteiger charge is 2.75. The molecule has 0 unspecified atom stereocenters. The first kappa shape index (κ1) is 17.9. The smallest absolute Gasteiger partial charge is 0.0861 e. The number of fused-ring (bicyclic) bond motifs is 3. The molecular weight excluding hydrogens is 320 g/mol. The van der Waals surface area contributed by atoms with E-state index in [1.54, 1.807) is 0 Å². The molecule has 0 aliphatic heterocycles. The Balaban J connectivity index is 1.87. The molecule has 0 amide bonds. The molecule has 4 aliphatic carbocycles. The van der Waals surface area contributed by atoms with Gasteiger partial charge in [-0.05, 0) is 53.9 Å². The maximum atomic E-state index is 11.2. The summed E-state index contributed by atoms with van der Waals surface area (Å²) in [6, 6.07) is 0. The van der Waals surface area contributed by atoms with Gasteiger partial charge >= 0.3 is 0 Å². The molecule has 0 aromatic rings. The zero-order valence-corrected chi connectivity index (χ0v) is 15.2. The van der Waals surface area contributed by atoms with E-state index in [4.69, 9.17) is 0 Å². The fourth-order valence-corrected chi connectivity index (χ4v) is 7.68. The Morgan fingerprint density at radius 3 is 2.36 bits per heavy atom. The minimum atomic E-state index is -1.04. The van der Waals surface area contributed by atoms with Crippen molar-refractivity contribution in [2.24, 2.45) is 34.0 Å². The van der Waals surface area contributed by atoms with Gasteiger partial charge in [0.25, 0.3) is 0 Å². The summed E-state index contributed by atoms with van der Waals surface area (Å²) in [5.74, 6) is -0.661. The third kappa shape index (κ3) is 1.86. The second-order valence-corrected chi connectivity index (χ2v) is 9.78. The van der Waals surface area contributed by atoms with Crippen molar-refractivity contribution in [2.45, 2.75) is 70.4 Å². The van der Waals surface area contributed by atoms with Crippen molar-refractivity contribution in [3.05, 3.63) is 12.2 Å². The molecule has 4 fully saturated rings. The third-order valence-electron chi connectivity index (χ3n) is 8.89. The molecule has 4 saturated carbocycles. The summed E-state index contributed by atoms with van der Waals surface area (Å²) in [7, 11) is 0. The maximum Gasteiger partial charge on any atom is 0.0861 e. The van der Waals surface area contributed by atoms with Crippen LogP contribution < -0.4 is 0 Å². The Bertz CT molecular complexity index is 593. The number of aliphatic hydroxyl groups is 5. The van der Waals surface area contributed by atoms with Gasteiger partial charge in [-0.1, -0.05) is 26.8 Å². The average Bonchev–Trinajstić information content (AvgIpc) is 2.69. The maximum absolute atomic E-state index is 11.2. The molecule has 25 heavy (non-hydrogen) atoms. The van der Waals surface area contributed by atoms with Gasteiger partial charge in [-0.3, -0.25) is 0 Å². The molecule has 0 heterocycles. The van der Waals surface area contributed by atoms with E-state index in [0.29, 0.717) is 18.4 Å². The van der Waals surface area contributed by atoms with E-state index in [0.717, 1.165) is 19.3 Å². The topological polar surface area (TPSA) is 101 Å². The highest BCUT2D eigenvalue weighted by Crippen LogP contribution is 2.71. The molecule has 0 radical (unpaired) electrons. The molecule has 4 aliphatic rings. The van der Waals surface area contributed by atoms with Gasteiger partial charge < -0.3 is 25.5 Å². The van der Waals surface area contributed by atoms with Gasteiger partial charge in [-0.2, -0.15) is 0 Å². The van der Waals surface area contributed by atoms with Crippen LogP contribution in [-0.2, 0) is 0 Å². The molecule has 10 atom stereocenters. The minimum absolute atomic E-state index is 0.0721. The summed E-state index contributed by atoms with van der Waals surface area (Å²) in [6.45, 7) is 8.28. The molecule has 5 nitrogen and oxygen atoms in total. The van der Waals surface area contributed by atoms with Crippen molar-refractivity contribution in [2.75, 3.05) is 6.61 Å². The van der Waals surface area contributed by atoms with Crippen LogP contribution in [0.3, 0.4) is 0 Å². The van der Waals surface area contributed by atoms with E-state index >= 15 is 0 Å². The third-order valence-corrected chi connectivity index (χ3v) is 8.89. The Hall–Kier alpha value is -0.460. The lowest BCUT2D eigenvalue weighted by Crippen LogP contribution is -2.69. The summed E-state index contributed by atoms with van der Waals surface area (Å²) < 4.78 is 0. The van der Waals surface area contributed by atoms with E-state index < -0.39 is 35.7 Å². The normalized spacial score (nSPS) is 60.9. The SMILES string of the molecule is C=C1[C@H]2[C@@H](O)[C@@]3([C@H](O)C[C@@H]4[C@@](C)(CO)CCC[C@@]4(C)[C@@H]3C[C@@H]2O)[C@@H]1O. The van der Waals surface area contributed by atoms with Crippen LogP contribution in [0.2, 0.25) is 0 Å². The lowest BCUT2D eigenvalue weighted by Gasteiger charge is -2.67. The van der Waals surface area contributed by atoms with Gasteiger partial charge in [0.2, 0.25) is 0 Å². The van der Waals surface area contributed by atoms with Gasteiger partial charge in [0.1, 0.15) is 0 Å². The van der Waals surface area contributed by atoms with Crippen molar-refractivity contribution >= 4 is 0 Å². The van der Waals surface area contributed by atoms with Crippen LogP contribution in [0.15, 0.2) is 12.2 Å². The summed E-state index contributed by atoms with van der Waals surface area (Å²) in [5, 5.41) is 54.1. The highest BCUT2D eigenvalue weighted by atomic mass is 16.3. The Labute approximate surface area is 149 Å². The lowest BCUT2D eigenvalue weighted by atomic mass is 9.39. The van der Waals surface area contributed by atoms with Crippen LogP contribution in [0, 0.1) is 34.0 Å². The van der Waals surface area contributed by atoms with Crippen LogP contribution in [0.5, 0.6) is 0 Å². The van der Waals surface area contributed by atoms with E-state index in [2.05, 4.69) is 20.4 Å². The molecule has 1 spiro atoms. The Morgan fingerprint density at radius 1 is 1.04 bits per heavy atom. The number of hydrogen-bond acceptors (Lipinski definition) is 5. The minimum Gasteiger partial charge on any atom is -0.396 e. The Morgan fingerprint density at radius 2 is 1.72 bits per heavy atom. The molecule has 0 aromatic carbocycles. The highest BCUT2D eigenvalue weighted by molar-refractivity contribution is 5.34. The lowest BCUT2D eigenvalue weighted by molar-refractivity contribution is -0.267. The van der Waals surface area contributed by atoms with Gasteiger partial charge in [0.15, 0.2) is 0 Å². The Kier molecular flexibility index (Phi) is 3.80. The van der Waals surface area contributed by atoms with E-state index in [1.807, 2.05) is 0 Å². The fraction of sp³-hybridized carbons (Fsp3) is 0.900. The summed E-state index contributed by atoms with van der Waals surface area (Å²) >= 11 is 0. The first-order valence-electron chi connectivity index (χ1n) is 9.66. The molecule has 5 N–H and O–H groups in total. The molecule has 142 valence electrons. The molecule has 5 heteroatoms. The molecule has 4 rings (SSSR count). The standard InChI is InChI=1S/C20H32O5/c1-10-15-11(22)7-13-19(3)6-4-5-18(2,9-21)12(19)8-14(23)20(13,16(10)24)17(15)25/h11-17,21-25H,1,4-9H2,2-3H3/t11-,12+,13-,14+,15+,16+,17+,18+,19+,20-/m0/s1. The molecular formula is C20H32O5. The second kappa shape index (κ2) is 5.29. The van der Waals surface area contributed by atoms with Crippen LogP contribution in [0.25, 0.3) is 0 Å². The summed E-state index contributed by atoms with van der Waals surface area (Å²) in [5.41, 5.74) is -1.10. The fourth-order valence-electron chi connectivity index (χ4n) is 7.68. The van der Waals surface area contributed by atoms with Crippen LogP contribution >= 0.6 is 0 Å². The predicted octanol–water partition coefficient (Wildman–Crippen LogP) is 0.831. The van der Waals surface area contributed by atoms with Gasteiger partial charge in [-0.25, -0.2) is 0 Å². The summed E-state index contributed by atoms with van der Waals surface area (Å²) in [4.78, 5) is 0. The van der Waals surface area contributed by atoms with Gasteiger partial charge in [-0.15, -0.1) is 0 Å². The first-order valence-corrected chi connectivity index (χ1v) is 9.66. The summed E-state index contributed by atoms with van der Waals surface area (Å²) in [6.07, 6.45) is 0.164. The van der Waals surface area contributed by atoms with Crippen molar-refractivity contribution in [3.63, 3.8) is 0 Å². The van der Waals surface area contributed by atoms with Crippen LogP contribution in [0.4, 0.5) is 0 Å². The number of rotatable bonds is 1. The zero-order chi connectivity index (χ0) is 18.4. The van der Waals surface area contributed by atoms with Gasteiger partial charge in [0, 0.05) is 12.5 Å². The number of aliphatic hydroxyl groups excluding tert-OH is 5. The van der Waals surface area contributed by atoms with Gasteiger partial charge in [0.05, 0.1) is 29.8 Å². The monoisotopic (exact) mass is 352 g/mol. The second-order valence-electron chi connectivity index (χ2n) is 9.78. The van der Waals surface area contributed by atoms with Crippen molar-refractivity contribution in [3.8, 4) is 0 Å². The van der Waals surface area contributed by atoms with E-state index in [1.165, 1.54) is 0 Å². The van der Waals surface area contributed by atoms with E-state index in [9.17, 15) is 25.5 Å².